The molecular formula is C25H30N4O4. The maximum atomic E-state index is 12.1. The van der Waals surface area contributed by atoms with Crippen molar-refractivity contribution >= 4 is 29.6 Å². The van der Waals surface area contributed by atoms with E-state index in [1.807, 2.05) is 26.0 Å². The third kappa shape index (κ3) is 7.75. The van der Waals surface area contributed by atoms with Crippen LogP contribution in [0.5, 0.6) is 5.75 Å². The average molecular weight is 451 g/mol. The van der Waals surface area contributed by atoms with E-state index in [9.17, 15) is 14.4 Å². The van der Waals surface area contributed by atoms with Gasteiger partial charge in [0.25, 0.3) is 5.91 Å². The highest BCUT2D eigenvalue weighted by Crippen LogP contribution is 2.18. The summed E-state index contributed by atoms with van der Waals surface area (Å²) in [6.07, 6.45) is 7.04. The molecule has 3 rings (SSSR count). The van der Waals surface area contributed by atoms with Gasteiger partial charge in [-0.15, -0.1) is 0 Å². The lowest BCUT2D eigenvalue weighted by Gasteiger charge is -2.22. The number of hydrazone groups is 1. The summed E-state index contributed by atoms with van der Waals surface area (Å²) in [5.74, 6) is -1.22. The Bertz CT molecular complexity index is 1010. The molecule has 0 bridgehead atoms. The van der Waals surface area contributed by atoms with Crippen LogP contribution in [-0.4, -0.2) is 36.6 Å². The molecule has 0 spiro atoms. The molecule has 8 nitrogen and oxygen atoms in total. The number of hydrogen-bond acceptors (Lipinski definition) is 5. The van der Waals surface area contributed by atoms with Crippen molar-refractivity contribution in [2.24, 2.45) is 5.10 Å². The Labute approximate surface area is 193 Å². The third-order valence-corrected chi connectivity index (χ3v) is 5.45. The molecule has 0 aromatic heterocycles. The highest BCUT2D eigenvalue weighted by atomic mass is 16.5. The van der Waals surface area contributed by atoms with Crippen LogP contribution in [-0.2, 0) is 14.4 Å². The second-order valence-corrected chi connectivity index (χ2v) is 8.23. The predicted octanol–water partition coefficient (Wildman–Crippen LogP) is 3.22. The van der Waals surface area contributed by atoms with E-state index in [1.54, 1.807) is 30.3 Å². The van der Waals surface area contributed by atoms with Crippen LogP contribution in [0.25, 0.3) is 0 Å². The topological polar surface area (TPSA) is 109 Å². The van der Waals surface area contributed by atoms with Gasteiger partial charge in [0.1, 0.15) is 5.75 Å². The minimum atomic E-state index is -0.865. The molecule has 0 saturated heterocycles. The second kappa shape index (κ2) is 11.8. The molecule has 33 heavy (non-hydrogen) atoms. The minimum absolute atomic E-state index is 0.0322. The zero-order valence-electron chi connectivity index (χ0n) is 19.0. The van der Waals surface area contributed by atoms with Crippen molar-refractivity contribution in [3.8, 4) is 5.75 Å². The molecule has 0 aliphatic heterocycles. The van der Waals surface area contributed by atoms with Gasteiger partial charge in [-0.05, 0) is 73.7 Å². The maximum Gasteiger partial charge on any atom is 0.329 e. The van der Waals surface area contributed by atoms with Gasteiger partial charge in [0.15, 0.2) is 6.61 Å². The Morgan fingerprint density at radius 1 is 1.00 bits per heavy atom. The van der Waals surface area contributed by atoms with Crippen molar-refractivity contribution in [3.63, 3.8) is 0 Å². The van der Waals surface area contributed by atoms with Crippen LogP contribution in [0.3, 0.4) is 0 Å². The summed E-state index contributed by atoms with van der Waals surface area (Å²) in [5, 5.41) is 9.42. The predicted molar refractivity (Wildman–Crippen MR) is 127 cm³/mol. The molecule has 2 aromatic carbocycles. The maximum absolute atomic E-state index is 12.1. The van der Waals surface area contributed by atoms with Crippen molar-refractivity contribution in [2.45, 2.75) is 52.0 Å². The quantitative estimate of drug-likeness (QED) is 0.342. The van der Waals surface area contributed by atoms with Gasteiger partial charge in [-0.3, -0.25) is 14.4 Å². The number of rotatable bonds is 7. The number of amides is 3. The molecule has 0 radical (unpaired) electrons. The Kier molecular flexibility index (Phi) is 8.57. The zero-order chi connectivity index (χ0) is 23.6. The smallest absolute Gasteiger partial charge is 0.329 e. The third-order valence-electron chi connectivity index (χ3n) is 5.45. The summed E-state index contributed by atoms with van der Waals surface area (Å²) >= 11 is 0. The van der Waals surface area contributed by atoms with Crippen LogP contribution in [0, 0.1) is 13.8 Å². The monoisotopic (exact) mass is 450 g/mol. The molecule has 8 heteroatoms. The number of carbonyl (C=O) groups excluding carboxylic acids is 3. The Morgan fingerprint density at radius 3 is 2.45 bits per heavy atom. The summed E-state index contributed by atoms with van der Waals surface area (Å²) in [6.45, 7) is 3.72. The van der Waals surface area contributed by atoms with E-state index in [2.05, 4.69) is 21.2 Å². The number of nitrogens with zero attached hydrogens (tertiary/aromatic N) is 1. The van der Waals surface area contributed by atoms with Crippen molar-refractivity contribution in [3.05, 3.63) is 59.2 Å². The molecule has 2 aromatic rings. The van der Waals surface area contributed by atoms with Gasteiger partial charge in [0.05, 0.1) is 6.21 Å². The zero-order valence-corrected chi connectivity index (χ0v) is 19.0. The first-order valence-corrected chi connectivity index (χ1v) is 11.1. The van der Waals surface area contributed by atoms with Crippen LogP contribution >= 0.6 is 0 Å². The van der Waals surface area contributed by atoms with Crippen molar-refractivity contribution in [2.75, 3.05) is 11.9 Å². The van der Waals surface area contributed by atoms with Gasteiger partial charge in [-0.2, -0.15) is 5.10 Å². The van der Waals surface area contributed by atoms with Gasteiger partial charge < -0.3 is 15.4 Å². The van der Waals surface area contributed by atoms with Crippen LogP contribution in [0.1, 0.15) is 48.8 Å². The van der Waals surface area contributed by atoms with E-state index in [4.69, 9.17) is 4.74 Å². The van der Waals surface area contributed by atoms with E-state index in [-0.39, 0.29) is 18.6 Å². The molecule has 3 amide bonds. The lowest BCUT2D eigenvalue weighted by molar-refractivity contribution is -0.136. The van der Waals surface area contributed by atoms with Gasteiger partial charge >= 0.3 is 11.8 Å². The SMILES string of the molecule is Cc1ccc(C)c(NC(=O)C(=O)N/N=C\c2ccc(OCC(=O)NC3CCCCC3)cc2)c1. The largest absolute Gasteiger partial charge is 0.484 e. The van der Waals surface area contributed by atoms with E-state index in [1.165, 1.54) is 12.6 Å². The Balaban J connectivity index is 1.41. The van der Waals surface area contributed by atoms with E-state index >= 15 is 0 Å². The molecule has 1 fully saturated rings. The minimum Gasteiger partial charge on any atom is -0.484 e. The summed E-state index contributed by atoms with van der Waals surface area (Å²) < 4.78 is 5.53. The molecule has 1 aliphatic rings. The van der Waals surface area contributed by atoms with E-state index in [0.29, 0.717) is 17.0 Å². The Morgan fingerprint density at radius 2 is 1.73 bits per heavy atom. The standard InChI is InChI=1S/C25H30N4O4/c1-17-8-9-18(2)22(14-17)28-24(31)25(32)29-26-15-19-10-12-21(13-11-19)33-16-23(30)27-20-6-4-3-5-7-20/h8-15,20H,3-7,16H2,1-2H3,(H,27,30)(H,28,31)(H,29,32)/b26-15-. The number of benzene rings is 2. The number of anilines is 1. The van der Waals surface area contributed by atoms with Crippen LogP contribution < -0.4 is 20.8 Å². The van der Waals surface area contributed by atoms with Gasteiger partial charge in [-0.25, -0.2) is 5.43 Å². The van der Waals surface area contributed by atoms with Crippen LogP contribution in [0.4, 0.5) is 5.69 Å². The first-order valence-electron chi connectivity index (χ1n) is 11.1. The van der Waals surface area contributed by atoms with Gasteiger partial charge in [-0.1, -0.05) is 31.4 Å². The van der Waals surface area contributed by atoms with E-state index < -0.39 is 11.8 Å². The number of aryl methyl sites for hydroxylation is 2. The number of nitrogens with one attached hydrogen (secondary N) is 3. The average Bonchev–Trinajstić information content (AvgIpc) is 2.81. The molecule has 0 unspecified atom stereocenters. The highest BCUT2D eigenvalue weighted by molar-refractivity contribution is 6.39. The fourth-order valence-corrected chi connectivity index (χ4v) is 3.58. The Hall–Kier alpha value is -3.68. The fraction of sp³-hybridized carbons (Fsp3) is 0.360. The van der Waals surface area contributed by atoms with Crippen molar-refractivity contribution < 1.29 is 19.1 Å². The molecule has 1 aliphatic carbocycles. The fourth-order valence-electron chi connectivity index (χ4n) is 3.58. The number of hydrogen-bond donors (Lipinski definition) is 3. The molecule has 3 N–H and O–H groups in total. The molecular weight excluding hydrogens is 420 g/mol. The summed E-state index contributed by atoms with van der Waals surface area (Å²) in [7, 11) is 0. The molecule has 174 valence electrons. The first kappa shape index (κ1) is 24.0. The first-order chi connectivity index (χ1) is 15.9. The lowest BCUT2D eigenvalue weighted by Crippen LogP contribution is -2.38. The summed E-state index contributed by atoms with van der Waals surface area (Å²) in [5.41, 5.74) is 5.34. The van der Waals surface area contributed by atoms with Crippen LogP contribution in [0.15, 0.2) is 47.6 Å². The number of ether oxygens (including phenoxy) is 1. The van der Waals surface area contributed by atoms with Gasteiger partial charge in [0.2, 0.25) is 0 Å². The normalized spacial score (nSPS) is 14.0. The van der Waals surface area contributed by atoms with Crippen molar-refractivity contribution in [1.82, 2.24) is 10.7 Å². The lowest BCUT2D eigenvalue weighted by atomic mass is 9.95. The molecule has 0 atom stereocenters. The summed E-state index contributed by atoms with van der Waals surface area (Å²) in [4.78, 5) is 36.1. The number of carbonyl (C=O) groups is 3. The summed E-state index contributed by atoms with van der Waals surface area (Å²) in [6, 6.07) is 12.8. The van der Waals surface area contributed by atoms with Gasteiger partial charge in [0, 0.05) is 11.7 Å². The molecule has 0 heterocycles. The second-order valence-electron chi connectivity index (χ2n) is 8.23. The molecule has 1 saturated carbocycles. The van der Waals surface area contributed by atoms with Crippen molar-refractivity contribution in [1.29, 1.82) is 0 Å². The highest BCUT2D eigenvalue weighted by Gasteiger charge is 2.16. The van der Waals surface area contributed by atoms with E-state index in [0.717, 1.165) is 36.8 Å². The van der Waals surface area contributed by atoms with Crippen LogP contribution in [0.2, 0.25) is 0 Å².